The Morgan fingerprint density at radius 3 is 2.50 bits per heavy atom. The van der Waals surface area contributed by atoms with Crippen molar-refractivity contribution in [1.29, 1.82) is 0 Å². The Kier molecular flexibility index (Phi) is 5.33. The zero-order valence-corrected chi connectivity index (χ0v) is 15.2. The first kappa shape index (κ1) is 20.1. The van der Waals surface area contributed by atoms with Gasteiger partial charge in [0, 0.05) is 22.2 Å². The molecule has 2 aromatic carbocycles. The maximum absolute atomic E-state index is 13.1. The summed E-state index contributed by atoms with van der Waals surface area (Å²) in [5.74, 6) is 0. The van der Waals surface area contributed by atoms with E-state index in [1.165, 1.54) is 24.3 Å². The Morgan fingerprint density at radius 2 is 1.89 bits per heavy atom. The molecule has 11 heteroatoms. The maximum Gasteiger partial charge on any atom is 0.417 e. The molecule has 0 spiro atoms. The number of halogens is 5. The molecule has 3 aromatic rings. The topological polar surface area (TPSA) is 92.0 Å². The van der Waals surface area contributed by atoms with Gasteiger partial charge in [0.05, 0.1) is 39.1 Å². The normalized spacial score (nSPS) is 11.6. The second-order valence-corrected chi connectivity index (χ2v) is 6.54. The van der Waals surface area contributed by atoms with Gasteiger partial charge in [0.15, 0.2) is 0 Å². The van der Waals surface area contributed by atoms with E-state index in [0.29, 0.717) is 0 Å². The minimum atomic E-state index is -4.68. The zero-order chi connectivity index (χ0) is 20.6. The van der Waals surface area contributed by atoms with E-state index in [0.717, 1.165) is 12.1 Å². The fraction of sp³-hybridized carbons (Fsp3) is 0.118. The summed E-state index contributed by atoms with van der Waals surface area (Å²) in [6.07, 6.45) is -4.68. The number of aromatic nitrogens is 2. The van der Waals surface area contributed by atoms with Gasteiger partial charge in [-0.25, -0.2) is 0 Å². The number of aromatic amines is 1. The summed E-state index contributed by atoms with van der Waals surface area (Å²) < 4.78 is 39.4. The fourth-order valence-corrected chi connectivity index (χ4v) is 3.13. The van der Waals surface area contributed by atoms with Crippen LogP contribution in [0.15, 0.2) is 36.4 Å². The first-order valence-electron chi connectivity index (χ1n) is 7.63. The Bertz CT molecular complexity index is 1070. The van der Waals surface area contributed by atoms with E-state index in [2.05, 4.69) is 10.2 Å². The molecule has 0 aliphatic heterocycles. The molecule has 6 nitrogen and oxygen atoms in total. The molecule has 1 aromatic heterocycles. The number of H-pyrrole nitrogens is 1. The number of hydrogen-bond acceptors (Lipinski definition) is 4. The van der Waals surface area contributed by atoms with Crippen LogP contribution in [0.3, 0.4) is 0 Å². The second kappa shape index (κ2) is 7.42. The van der Waals surface area contributed by atoms with Crippen molar-refractivity contribution < 1.29 is 23.2 Å². The third-order valence-corrected chi connectivity index (χ3v) is 4.56. The molecule has 1 heterocycles. The highest BCUT2D eigenvalue weighted by Gasteiger charge is 2.34. The van der Waals surface area contributed by atoms with Gasteiger partial charge in [-0.05, 0) is 24.3 Å². The quantitative estimate of drug-likeness (QED) is 0.423. The minimum Gasteiger partial charge on any atom is -0.392 e. The van der Waals surface area contributed by atoms with Crippen LogP contribution in [0.25, 0.3) is 22.5 Å². The summed E-state index contributed by atoms with van der Waals surface area (Å²) in [5.41, 5.74) is -1.11. The molecule has 0 unspecified atom stereocenters. The zero-order valence-electron chi connectivity index (χ0n) is 13.7. The number of nitro benzene ring substituents is 1. The highest BCUT2D eigenvalue weighted by molar-refractivity contribution is 6.31. The number of nitrogens with one attached hydrogen (secondary N) is 1. The lowest BCUT2D eigenvalue weighted by molar-refractivity contribution is -0.384. The molecule has 3 rings (SSSR count). The molecule has 0 saturated heterocycles. The van der Waals surface area contributed by atoms with Gasteiger partial charge in [0.1, 0.15) is 0 Å². The highest BCUT2D eigenvalue weighted by Crippen LogP contribution is 2.40. The van der Waals surface area contributed by atoms with E-state index >= 15 is 0 Å². The largest absolute Gasteiger partial charge is 0.417 e. The van der Waals surface area contributed by atoms with Crippen LogP contribution >= 0.6 is 23.2 Å². The predicted molar refractivity (Wildman–Crippen MR) is 97.1 cm³/mol. The first-order chi connectivity index (χ1) is 13.1. The van der Waals surface area contributed by atoms with Gasteiger partial charge in [-0.1, -0.05) is 29.3 Å². The summed E-state index contributed by atoms with van der Waals surface area (Å²) in [6.45, 7) is -0.630. The van der Waals surface area contributed by atoms with E-state index in [1.54, 1.807) is 0 Å². The number of aliphatic hydroxyl groups excluding tert-OH is 1. The Hall–Kier alpha value is -2.62. The molecule has 28 heavy (non-hydrogen) atoms. The average Bonchev–Trinajstić information content (AvgIpc) is 3.04. The standard InChI is InChI=1S/C17H10Cl2F3N3O3/c18-9-2-4-14(25(27)28)10(6-9)16-11(7-26)15(23-24-16)8-1-3-13(19)12(5-8)17(20,21)22/h1-6,26H,7H2,(H,23,24). The van der Waals surface area contributed by atoms with Crippen LogP contribution in [0.2, 0.25) is 10.0 Å². The Labute approximate surface area is 165 Å². The molecule has 0 aliphatic rings. The van der Waals surface area contributed by atoms with Crippen LogP contribution in [0, 0.1) is 10.1 Å². The molecule has 0 aliphatic carbocycles. The molecule has 146 valence electrons. The number of benzene rings is 2. The molecular weight excluding hydrogens is 422 g/mol. The summed E-state index contributed by atoms with van der Waals surface area (Å²) in [5, 5.41) is 27.3. The van der Waals surface area contributed by atoms with Gasteiger partial charge < -0.3 is 5.11 Å². The van der Waals surface area contributed by atoms with E-state index in [1.807, 2.05) is 0 Å². The number of aliphatic hydroxyl groups is 1. The van der Waals surface area contributed by atoms with Gasteiger partial charge in [0.25, 0.3) is 5.69 Å². The van der Waals surface area contributed by atoms with Crippen LogP contribution in [-0.2, 0) is 12.8 Å². The Balaban J connectivity index is 2.21. The molecule has 2 N–H and O–H groups in total. The summed E-state index contributed by atoms with van der Waals surface area (Å²) in [4.78, 5) is 10.7. The van der Waals surface area contributed by atoms with Crippen LogP contribution in [0.5, 0.6) is 0 Å². The maximum atomic E-state index is 13.1. The third-order valence-electron chi connectivity index (χ3n) is 4.00. The number of nitrogens with zero attached hydrogens (tertiary/aromatic N) is 2. The van der Waals surface area contributed by atoms with Crippen molar-refractivity contribution in [3.05, 3.63) is 67.7 Å². The first-order valence-corrected chi connectivity index (χ1v) is 8.38. The number of rotatable bonds is 4. The average molecular weight is 432 g/mol. The van der Waals surface area contributed by atoms with Crippen LogP contribution < -0.4 is 0 Å². The lowest BCUT2D eigenvalue weighted by Crippen LogP contribution is -2.06. The summed E-state index contributed by atoms with van der Waals surface area (Å²) in [6, 6.07) is 6.99. The van der Waals surface area contributed by atoms with Crippen molar-refractivity contribution >= 4 is 28.9 Å². The molecule has 0 fully saturated rings. The van der Waals surface area contributed by atoms with E-state index in [-0.39, 0.29) is 38.8 Å². The lowest BCUT2D eigenvalue weighted by atomic mass is 10.00. The van der Waals surface area contributed by atoms with E-state index < -0.39 is 28.3 Å². The van der Waals surface area contributed by atoms with Gasteiger partial charge >= 0.3 is 6.18 Å². The van der Waals surface area contributed by atoms with Crippen molar-refractivity contribution in [2.24, 2.45) is 0 Å². The van der Waals surface area contributed by atoms with Crippen molar-refractivity contribution in [2.45, 2.75) is 12.8 Å². The summed E-state index contributed by atoms with van der Waals surface area (Å²) >= 11 is 11.5. The number of alkyl halides is 3. The molecule has 0 atom stereocenters. The van der Waals surface area contributed by atoms with Gasteiger partial charge in [-0.2, -0.15) is 18.3 Å². The van der Waals surface area contributed by atoms with Gasteiger partial charge in [-0.3, -0.25) is 15.2 Å². The van der Waals surface area contributed by atoms with E-state index in [9.17, 15) is 28.4 Å². The van der Waals surface area contributed by atoms with Crippen molar-refractivity contribution in [2.75, 3.05) is 0 Å². The van der Waals surface area contributed by atoms with Crippen LogP contribution in [0.4, 0.5) is 18.9 Å². The van der Waals surface area contributed by atoms with Crippen molar-refractivity contribution in [1.82, 2.24) is 10.2 Å². The van der Waals surface area contributed by atoms with E-state index in [4.69, 9.17) is 23.2 Å². The van der Waals surface area contributed by atoms with Crippen molar-refractivity contribution in [3.63, 3.8) is 0 Å². The molecule has 0 bridgehead atoms. The minimum absolute atomic E-state index is 0.00828. The van der Waals surface area contributed by atoms with Gasteiger partial charge in [0.2, 0.25) is 0 Å². The second-order valence-electron chi connectivity index (χ2n) is 5.69. The van der Waals surface area contributed by atoms with Crippen molar-refractivity contribution in [3.8, 4) is 22.5 Å². The Morgan fingerprint density at radius 1 is 1.18 bits per heavy atom. The third kappa shape index (κ3) is 3.68. The molecule has 0 saturated carbocycles. The molecular formula is C17H10Cl2F3N3O3. The highest BCUT2D eigenvalue weighted by atomic mass is 35.5. The predicted octanol–water partition coefficient (Wildman–Crippen LogP) is 5.47. The SMILES string of the molecule is O=[N+]([O-])c1ccc(Cl)cc1-c1[nH]nc(-c2ccc(Cl)c(C(F)(F)F)c2)c1CO. The van der Waals surface area contributed by atoms with Crippen LogP contribution in [-0.4, -0.2) is 20.2 Å². The summed E-state index contributed by atoms with van der Waals surface area (Å²) in [7, 11) is 0. The molecule has 0 amide bonds. The van der Waals surface area contributed by atoms with Crippen LogP contribution in [0.1, 0.15) is 11.1 Å². The number of nitro groups is 1. The number of hydrogen-bond donors (Lipinski definition) is 2. The lowest BCUT2D eigenvalue weighted by Gasteiger charge is -2.11. The van der Waals surface area contributed by atoms with Gasteiger partial charge in [-0.15, -0.1) is 0 Å². The molecule has 0 radical (unpaired) electrons. The fourth-order valence-electron chi connectivity index (χ4n) is 2.74. The smallest absolute Gasteiger partial charge is 0.392 e. The monoisotopic (exact) mass is 431 g/mol.